The Bertz CT molecular complexity index is 209. The van der Waals surface area contributed by atoms with Crippen molar-refractivity contribution >= 4 is 0 Å². The van der Waals surface area contributed by atoms with Crippen LogP contribution in [0.4, 0.5) is 0 Å². The van der Waals surface area contributed by atoms with Gasteiger partial charge in [0, 0.05) is 5.70 Å². The third-order valence-electron chi connectivity index (χ3n) is 1.48. The standard InChI is InChI=1S/C9H14N2O/c1-8-6-4-3-5-7-12-9(10-2)11-8/h3-6,9-11H,1,7H2,2H3/b5-3-,6-4-. The summed E-state index contributed by atoms with van der Waals surface area (Å²) >= 11 is 0. The zero-order chi connectivity index (χ0) is 8.81. The van der Waals surface area contributed by atoms with Crippen LogP contribution in [0, 0.1) is 0 Å². The highest BCUT2D eigenvalue weighted by Crippen LogP contribution is 1.95. The third-order valence-corrected chi connectivity index (χ3v) is 1.48. The first-order chi connectivity index (χ1) is 5.83. The first-order valence-corrected chi connectivity index (χ1v) is 3.90. The molecule has 3 nitrogen and oxygen atoms in total. The smallest absolute Gasteiger partial charge is 0.184 e. The minimum atomic E-state index is -0.162. The van der Waals surface area contributed by atoms with E-state index in [1.807, 2.05) is 31.4 Å². The van der Waals surface area contributed by atoms with Crippen molar-refractivity contribution in [1.82, 2.24) is 10.6 Å². The van der Waals surface area contributed by atoms with Crippen molar-refractivity contribution in [3.8, 4) is 0 Å². The fraction of sp³-hybridized carbons (Fsp3) is 0.333. The van der Waals surface area contributed by atoms with Crippen LogP contribution in [-0.2, 0) is 4.74 Å². The average Bonchev–Trinajstić information content (AvgIpc) is 2.16. The number of hydrogen-bond acceptors (Lipinski definition) is 3. The van der Waals surface area contributed by atoms with E-state index in [2.05, 4.69) is 17.2 Å². The van der Waals surface area contributed by atoms with Crippen LogP contribution in [0.25, 0.3) is 0 Å². The summed E-state index contributed by atoms with van der Waals surface area (Å²) in [7, 11) is 1.83. The summed E-state index contributed by atoms with van der Waals surface area (Å²) in [5, 5.41) is 6.02. The highest BCUT2D eigenvalue weighted by molar-refractivity contribution is 5.18. The Balaban J connectivity index is 2.56. The summed E-state index contributed by atoms with van der Waals surface area (Å²) in [4.78, 5) is 0. The molecule has 1 heterocycles. The van der Waals surface area contributed by atoms with E-state index in [9.17, 15) is 0 Å². The highest BCUT2D eigenvalue weighted by atomic mass is 16.5. The van der Waals surface area contributed by atoms with Crippen LogP contribution in [0.3, 0.4) is 0 Å². The summed E-state index contributed by atoms with van der Waals surface area (Å²) in [5.74, 6) is 0. The highest BCUT2D eigenvalue weighted by Gasteiger charge is 2.03. The second-order valence-electron chi connectivity index (χ2n) is 2.46. The number of ether oxygens (including phenoxy) is 1. The molecule has 0 aromatic carbocycles. The van der Waals surface area contributed by atoms with Crippen LogP contribution < -0.4 is 10.6 Å². The van der Waals surface area contributed by atoms with E-state index < -0.39 is 0 Å². The zero-order valence-corrected chi connectivity index (χ0v) is 7.21. The molecule has 0 aromatic rings. The Morgan fingerprint density at radius 1 is 1.67 bits per heavy atom. The first-order valence-electron chi connectivity index (χ1n) is 3.90. The molecule has 2 N–H and O–H groups in total. The lowest BCUT2D eigenvalue weighted by Gasteiger charge is -2.18. The summed E-state index contributed by atoms with van der Waals surface area (Å²) in [6.07, 6.45) is 7.54. The first kappa shape index (κ1) is 9.03. The maximum Gasteiger partial charge on any atom is 0.184 e. The van der Waals surface area contributed by atoms with Crippen LogP contribution in [0.15, 0.2) is 36.6 Å². The van der Waals surface area contributed by atoms with Crippen molar-refractivity contribution < 1.29 is 4.74 Å². The molecule has 0 amide bonds. The van der Waals surface area contributed by atoms with E-state index >= 15 is 0 Å². The molecule has 1 unspecified atom stereocenters. The van der Waals surface area contributed by atoms with Crippen molar-refractivity contribution in [1.29, 1.82) is 0 Å². The van der Waals surface area contributed by atoms with Gasteiger partial charge in [0.2, 0.25) is 0 Å². The van der Waals surface area contributed by atoms with Crippen molar-refractivity contribution in [2.45, 2.75) is 6.35 Å². The van der Waals surface area contributed by atoms with Gasteiger partial charge >= 0.3 is 0 Å². The number of nitrogens with one attached hydrogen (secondary N) is 2. The molecular formula is C9H14N2O. The Labute approximate surface area is 72.8 Å². The molecule has 0 saturated carbocycles. The molecular weight excluding hydrogens is 152 g/mol. The number of allylic oxidation sites excluding steroid dienone is 3. The van der Waals surface area contributed by atoms with Crippen LogP contribution in [0.5, 0.6) is 0 Å². The van der Waals surface area contributed by atoms with Gasteiger partial charge in [-0.1, -0.05) is 24.8 Å². The largest absolute Gasteiger partial charge is 0.348 e. The van der Waals surface area contributed by atoms with Gasteiger partial charge in [-0.25, -0.2) is 0 Å². The van der Waals surface area contributed by atoms with Crippen molar-refractivity contribution in [2.24, 2.45) is 0 Å². The summed E-state index contributed by atoms with van der Waals surface area (Å²) in [6.45, 7) is 4.40. The van der Waals surface area contributed by atoms with Crippen molar-refractivity contribution in [3.05, 3.63) is 36.6 Å². The molecule has 1 aliphatic rings. The van der Waals surface area contributed by atoms with E-state index in [4.69, 9.17) is 4.74 Å². The van der Waals surface area contributed by atoms with Gasteiger partial charge < -0.3 is 10.1 Å². The maximum atomic E-state index is 5.37. The molecule has 12 heavy (non-hydrogen) atoms. The van der Waals surface area contributed by atoms with Gasteiger partial charge in [0.1, 0.15) is 0 Å². The van der Waals surface area contributed by atoms with E-state index in [0.717, 1.165) is 5.70 Å². The molecule has 0 bridgehead atoms. The van der Waals surface area contributed by atoms with Crippen molar-refractivity contribution in [3.63, 3.8) is 0 Å². The summed E-state index contributed by atoms with van der Waals surface area (Å²) in [6, 6.07) is 0. The fourth-order valence-corrected chi connectivity index (χ4v) is 0.871. The van der Waals surface area contributed by atoms with Gasteiger partial charge in [0.05, 0.1) is 6.61 Å². The minimum absolute atomic E-state index is 0.162. The fourth-order valence-electron chi connectivity index (χ4n) is 0.871. The Kier molecular flexibility index (Phi) is 3.57. The topological polar surface area (TPSA) is 33.3 Å². The van der Waals surface area contributed by atoms with Gasteiger partial charge in [-0.2, -0.15) is 0 Å². The van der Waals surface area contributed by atoms with Gasteiger partial charge in [0.25, 0.3) is 0 Å². The van der Waals surface area contributed by atoms with Crippen LogP contribution in [0.2, 0.25) is 0 Å². The molecule has 66 valence electrons. The third kappa shape index (κ3) is 2.90. The van der Waals surface area contributed by atoms with Crippen LogP contribution >= 0.6 is 0 Å². The summed E-state index contributed by atoms with van der Waals surface area (Å²) < 4.78 is 5.37. The maximum absolute atomic E-state index is 5.37. The van der Waals surface area contributed by atoms with E-state index in [-0.39, 0.29) is 6.35 Å². The second kappa shape index (κ2) is 4.74. The molecule has 0 aliphatic carbocycles. The molecule has 3 heteroatoms. The van der Waals surface area contributed by atoms with Crippen LogP contribution in [0.1, 0.15) is 0 Å². The molecule has 1 rings (SSSR count). The second-order valence-corrected chi connectivity index (χ2v) is 2.46. The lowest BCUT2D eigenvalue weighted by Crippen LogP contribution is -2.41. The SMILES string of the molecule is C=C1/C=C\C=C/COC(NC)N1. The van der Waals surface area contributed by atoms with Gasteiger partial charge in [-0.05, 0) is 13.1 Å². The Hall–Kier alpha value is -1.06. The predicted octanol–water partition coefficient (Wildman–Crippen LogP) is 0.735. The predicted molar refractivity (Wildman–Crippen MR) is 49.4 cm³/mol. The lowest BCUT2D eigenvalue weighted by atomic mass is 10.4. The lowest BCUT2D eigenvalue weighted by molar-refractivity contribution is 0.0375. The average molecular weight is 166 g/mol. The quantitative estimate of drug-likeness (QED) is 0.602. The van der Waals surface area contributed by atoms with Crippen molar-refractivity contribution in [2.75, 3.05) is 13.7 Å². The molecule has 0 fully saturated rings. The van der Waals surface area contributed by atoms with Gasteiger partial charge in [0.15, 0.2) is 6.35 Å². The molecule has 0 aromatic heterocycles. The van der Waals surface area contributed by atoms with Crippen LogP contribution in [-0.4, -0.2) is 20.0 Å². The molecule has 0 spiro atoms. The molecule has 1 atom stereocenters. The van der Waals surface area contributed by atoms with Gasteiger partial charge in [-0.15, -0.1) is 0 Å². The number of rotatable bonds is 1. The normalized spacial score (nSPS) is 29.4. The van der Waals surface area contributed by atoms with E-state index in [0.29, 0.717) is 6.61 Å². The number of hydrogen-bond donors (Lipinski definition) is 2. The molecule has 1 aliphatic heterocycles. The molecule has 0 saturated heterocycles. The van der Waals surface area contributed by atoms with E-state index in [1.54, 1.807) is 0 Å². The van der Waals surface area contributed by atoms with Gasteiger partial charge in [-0.3, -0.25) is 5.32 Å². The Morgan fingerprint density at radius 3 is 3.25 bits per heavy atom. The molecule has 0 radical (unpaired) electrons. The monoisotopic (exact) mass is 166 g/mol. The zero-order valence-electron chi connectivity index (χ0n) is 7.21. The Morgan fingerprint density at radius 2 is 2.50 bits per heavy atom. The van der Waals surface area contributed by atoms with E-state index in [1.165, 1.54) is 0 Å². The summed E-state index contributed by atoms with van der Waals surface area (Å²) in [5.41, 5.74) is 0.834. The minimum Gasteiger partial charge on any atom is -0.348 e.